The van der Waals surface area contributed by atoms with Crippen molar-refractivity contribution < 1.29 is 9.18 Å². The highest BCUT2D eigenvalue weighted by Crippen LogP contribution is 2.23. The number of nitrogens with one attached hydrogen (secondary N) is 1. The average molecular weight is 481 g/mol. The molecule has 4 aromatic rings. The van der Waals surface area contributed by atoms with Gasteiger partial charge in [0.1, 0.15) is 5.82 Å². The molecular weight excluding hydrogens is 463 g/mol. The number of halogens is 2. The Morgan fingerprint density at radius 2 is 1.91 bits per heavy atom. The Labute approximate surface area is 198 Å². The van der Waals surface area contributed by atoms with Crippen molar-refractivity contribution in [3.8, 4) is 5.69 Å². The fraction of sp³-hybridized carbons (Fsp3) is 0.0833. The Morgan fingerprint density at radius 1 is 1.15 bits per heavy atom. The van der Waals surface area contributed by atoms with Gasteiger partial charge < -0.3 is 0 Å². The molecule has 33 heavy (non-hydrogen) atoms. The lowest BCUT2D eigenvalue weighted by atomic mass is 10.2. The number of nitrogens with zero attached hydrogens (tertiary/aromatic N) is 3. The monoisotopic (exact) mass is 480 g/mol. The van der Waals surface area contributed by atoms with Gasteiger partial charge >= 0.3 is 0 Å². The first-order valence-corrected chi connectivity index (χ1v) is 11.3. The summed E-state index contributed by atoms with van der Waals surface area (Å²) in [6.07, 6.45) is 1.15. The number of rotatable bonds is 6. The summed E-state index contributed by atoms with van der Waals surface area (Å²) in [7, 11) is 0. The number of aromatic nitrogens is 2. The third-order valence-corrected chi connectivity index (χ3v) is 6.08. The molecule has 1 amide bonds. The molecule has 3 aromatic carbocycles. The quantitative estimate of drug-likeness (QED) is 0.187. The van der Waals surface area contributed by atoms with Crippen LogP contribution in [0.4, 0.5) is 4.39 Å². The number of amides is 1. The third-order valence-electron chi connectivity index (χ3n) is 4.82. The molecular formula is C24H18ClFN4O2S. The summed E-state index contributed by atoms with van der Waals surface area (Å²) < 4.78 is 15.3. The van der Waals surface area contributed by atoms with Crippen molar-refractivity contribution in [3.05, 3.63) is 99.1 Å². The van der Waals surface area contributed by atoms with E-state index in [0.717, 1.165) is 23.5 Å². The maximum atomic E-state index is 13.8. The van der Waals surface area contributed by atoms with Crippen LogP contribution in [-0.4, -0.2) is 27.4 Å². The minimum atomic E-state index is -0.544. The summed E-state index contributed by atoms with van der Waals surface area (Å²) in [6.45, 7) is 1.90. The second-order valence-corrected chi connectivity index (χ2v) is 8.41. The standard InChI is InChI=1S/C24H18ClFN4O2S/c1-15-7-2-5-12-21(15)30-23(32)16-8-3-4-11-20(16)28-24(30)33-14-22(31)29-27-13-17-18(25)9-6-10-19(17)26/h2-13H,14H2,1H3,(H,29,31)/b27-13-. The van der Waals surface area contributed by atoms with Crippen LogP contribution in [0.2, 0.25) is 5.02 Å². The van der Waals surface area contributed by atoms with Crippen molar-refractivity contribution in [1.29, 1.82) is 0 Å². The highest BCUT2D eigenvalue weighted by Gasteiger charge is 2.16. The van der Waals surface area contributed by atoms with E-state index in [2.05, 4.69) is 15.5 Å². The lowest BCUT2D eigenvalue weighted by Gasteiger charge is -2.14. The Bertz CT molecular complexity index is 1420. The number of hydrazone groups is 1. The van der Waals surface area contributed by atoms with Gasteiger partial charge in [-0.2, -0.15) is 5.10 Å². The zero-order valence-corrected chi connectivity index (χ0v) is 19.0. The van der Waals surface area contributed by atoms with Crippen molar-refractivity contribution in [2.24, 2.45) is 5.10 Å². The molecule has 0 saturated carbocycles. The van der Waals surface area contributed by atoms with Crippen LogP contribution in [0.3, 0.4) is 0 Å². The summed E-state index contributed by atoms with van der Waals surface area (Å²) >= 11 is 7.05. The van der Waals surface area contributed by atoms with E-state index in [4.69, 9.17) is 11.6 Å². The molecule has 1 aromatic heterocycles. The van der Waals surface area contributed by atoms with Crippen molar-refractivity contribution in [2.45, 2.75) is 12.1 Å². The molecule has 0 spiro atoms. The first kappa shape index (κ1) is 22.7. The number of fused-ring (bicyclic) bond motifs is 1. The fourth-order valence-corrected chi connectivity index (χ4v) is 4.21. The molecule has 4 rings (SSSR count). The number of hydrogen-bond acceptors (Lipinski definition) is 5. The lowest BCUT2D eigenvalue weighted by Crippen LogP contribution is -2.24. The van der Waals surface area contributed by atoms with Crippen LogP contribution >= 0.6 is 23.4 Å². The zero-order valence-electron chi connectivity index (χ0n) is 17.5. The summed E-state index contributed by atoms with van der Waals surface area (Å²) in [4.78, 5) is 30.2. The van der Waals surface area contributed by atoms with Gasteiger partial charge in [-0.05, 0) is 42.8 Å². The molecule has 6 nitrogen and oxygen atoms in total. The summed E-state index contributed by atoms with van der Waals surface area (Å²) in [5.41, 5.74) is 4.34. The van der Waals surface area contributed by atoms with Crippen molar-refractivity contribution in [2.75, 3.05) is 5.75 Å². The number of aryl methyl sites for hydroxylation is 1. The maximum Gasteiger partial charge on any atom is 0.266 e. The van der Waals surface area contributed by atoms with E-state index in [1.54, 1.807) is 24.3 Å². The molecule has 0 radical (unpaired) electrons. The molecule has 1 heterocycles. The van der Waals surface area contributed by atoms with E-state index >= 15 is 0 Å². The van der Waals surface area contributed by atoms with Gasteiger partial charge in [0, 0.05) is 5.56 Å². The molecule has 0 aliphatic rings. The van der Waals surface area contributed by atoms with Gasteiger partial charge in [0.25, 0.3) is 11.5 Å². The molecule has 0 saturated heterocycles. The topological polar surface area (TPSA) is 76.3 Å². The lowest BCUT2D eigenvalue weighted by molar-refractivity contribution is -0.118. The Balaban J connectivity index is 1.59. The van der Waals surface area contributed by atoms with Gasteiger partial charge in [-0.3, -0.25) is 14.2 Å². The van der Waals surface area contributed by atoms with Gasteiger partial charge in [-0.25, -0.2) is 14.8 Å². The fourth-order valence-electron chi connectivity index (χ4n) is 3.20. The molecule has 9 heteroatoms. The van der Waals surface area contributed by atoms with Crippen LogP contribution in [0.15, 0.2) is 81.8 Å². The number of hydrogen-bond donors (Lipinski definition) is 1. The Kier molecular flexibility index (Phi) is 6.86. The van der Waals surface area contributed by atoms with Crippen LogP contribution in [0.25, 0.3) is 16.6 Å². The van der Waals surface area contributed by atoms with E-state index < -0.39 is 11.7 Å². The molecule has 0 aliphatic carbocycles. The smallest absolute Gasteiger partial charge is 0.266 e. The van der Waals surface area contributed by atoms with Crippen LogP contribution in [0, 0.1) is 12.7 Å². The van der Waals surface area contributed by atoms with Crippen LogP contribution < -0.4 is 11.0 Å². The van der Waals surface area contributed by atoms with Crippen molar-refractivity contribution in [1.82, 2.24) is 15.0 Å². The average Bonchev–Trinajstić information content (AvgIpc) is 2.80. The summed E-state index contributed by atoms with van der Waals surface area (Å²) in [5, 5.41) is 4.84. The number of carbonyl (C=O) groups excluding carboxylic acids is 1. The van der Waals surface area contributed by atoms with Gasteiger partial charge in [0.15, 0.2) is 5.16 Å². The van der Waals surface area contributed by atoms with Gasteiger partial charge in [-0.1, -0.05) is 59.8 Å². The predicted molar refractivity (Wildman–Crippen MR) is 130 cm³/mol. The van der Waals surface area contributed by atoms with Gasteiger partial charge in [-0.15, -0.1) is 0 Å². The van der Waals surface area contributed by atoms with E-state index in [0.29, 0.717) is 21.7 Å². The minimum absolute atomic E-state index is 0.0565. The maximum absolute atomic E-state index is 13.8. The minimum Gasteiger partial charge on any atom is -0.272 e. The third kappa shape index (κ3) is 4.97. The number of para-hydroxylation sites is 2. The first-order valence-electron chi connectivity index (χ1n) is 9.92. The van der Waals surface area contributed by atoms with Crippen LogP contribution in [-0.2, 0) is 4.79 Å². The second-order valence-electron chi connectivity index (χ2n) is 7.06. The molecule has 166 valence electrons. The molecule has 0 fully saturated rings. The molecule has 1 N–H and O–H groups in total. The molecule has 0 bridgehead atoms. The zero-order chi connectivity index (χ0) is 23.4. The number of thioether (sulfide) groups is 1. The highest BCUT2D eigenvalue weighted by molar-refractivity contribution is 7.99. The SMILES string of the molecule is Cc1ccccc1-n1c(SCC(=O)N/N=C\c2c(F)cccc2Cl)nc2ccccc2c1=O. The van der Waals surface area contributed by atoms with E-state index in [-0.39, 0.29) is 21.9 Å². The molecule has 0 aliphatic heterocycles. The predicted octanol–water partition coefficient (Wildman–Crippen LogP) is 4.73. The second kappa shape index (κ2) is 9.97. The highest BCUT2D eigenvalue weighted by atomic mass is 35.5. The van der Waals surface area contributed by atoms with E-state index in [9.17, 15) is 14.0 Å². The normalized spacial score (nSPS) is 11.2. The first-order chi connectivity index (χ1) is 16.0. The Morgan fingerprint density at radius 3 is 2.70 bits per heavy atom. The van der Waals surface area contributed by atoms with Crippen LogP contribution in [0.5, 0.6) is 0 Å². The van der Waals surface area contributed by atoms with Crippen molar-refractivity contribution >= 4 is 46.4 Å². The van der Waals surface area contributed by atoms with Gasteiger partial charge in [0.05, 0.1) is 33.6 Å². The van der Waals surface area contributed by atoms with Crippen LogP contribution in [0.1, 0.15) is 11.1 Å². The number of carbonyl (C=O) groups is 1. The van der Waals surface area contributed by atoms with E-state index in [1.807, 2.05) is 31.2 Å². The van der Waals surface area contributed by atoms with E-state index in [1.165, 1.54) is 22.8 Å². The summed E-state index contributed by atoms with van der Waals surface area (Å²) in [6, 6.07) is 18.8. The Hall–Kier alpha value is -3.49. The van der Waals surface area contributed by atoms with Gasteiger partial charge in [0.2, 0.25) is 0 Å². The largest absolute Gasteiger partial charge is 0.272 e. The summed E-state index contributed by atoms with van der Waals surface area (Å²) in [5.74, 6) is -1.04. The number of benzene rings is 3. The van der Waals surface area contributed by atoms with Crippen molar-refractivity contribution in [3.63, 3.8) is 0 Å². The molecule has 0 atom stereocenters. The molecule has 0 unspecified atom stereocenters.